The lowest BCUT2D eigenvalue weighted by molar-refractivity contribution is -0.144. The Balaban J connectivity index is 2.36. The van der Waals surface area contributed by atoms with Gasteiger partial charge in [0.25, 0.3) is 0 Å². The number of nitrogens with two attached hydrogens (primary N) is 1. The minimum atomic E-state index is -0.714. The predicted octanol–water partition coefficient (Wildman–Crippen LogP) is 1.26. The maximum absolute atomic E-state index is 11.8. The van der Waals surface area contributed by atoms with Crippen LogP contribution in [0, 0.1) is 0 Å². The van der Waals surface area contributed by atoms with Crippen LogP contribution in [0.5, 0.6) is 5.75 Å². The van der Waals surface area contributed by atoms with Crippen LogP contribution in [0.25, 0.3) is 0 Å². The fourth-order valence-corrected chi connectivity index (χ4v) is 2.30. The number of hydrogen-bond acceptors (Lipinski definition) is 6. The molecule has 0 aromatic heterocycles. The van der Waals surface area contributed by atoms with Gasteiger partial charge in [0.2, 0.25) is 5.91 Å². The second-order valence-electron chi connectivity index (χ2n) is 4.12. The first kappa shape index (κ1) is 17.3. The first-order valence-corrected chi connectivity index (χ1v) is 7.66. The van der Waals surface area contributed by atoms with Gasteiger partial charge in [0.15, 0.2) is 0 Å². The number of carbonyl (C=O) groups excluding carboxylic acids is 2. The number of ether oxygens (including phenoxy) is 2. The topological polar surface area (TPSA) is 90.7 Å². The van der Waals surface area contributed by atoms with Crippen LogP contribution in [0.4, 0.5) is 5.69 Å². The van der Waals surface area contributed by atoms with Crippen molar-refractivity contribution in [1.82, 2.24) is 0 Å². The highest BCUT2D eigenvalue weighted by Gasteiger charge is 2.15. The molecule has 0 fully saturated rings. The van der Waals surface area contributed by atoms with Gasteiger partial charge < -0.3 is 20.5 Å². The zero-order chi connectivity index (χ0) is 15.7. The maximum Gasteiger partial charge on any atom is 0.323 e. The maximum atomic E-state index is 11.8. The summed E-state index contributed by atoms with van der Waals surface area (Å²) >= 11 is 1.28. The number of nitrogens with one attached hydrogen (secondary N) is 1. The third-order valence-electron chi connectivity index (χ3n) is 2.50. The highest BCUT2D eigenvalue weighted by atomic mass is 32.2. The van der Waals surface area contributed by atoms with Gasteiger partial charge in [-0.15, -0.1) is 11.8 Å². The Kier molecular flexibility index (Phi) is 7.63. The zero-order valence-corrected chi connectivity index (χ0v) is 12.9. The molecule has 1 rings (SSSR count). The molecule has 0 radical (unpaired) electrons. The number of amides is 1. The van der Waals surface area contributed by atoms with E-state index in [0.29, 0.717) is 23.8 Å². The average molecular weight is 312 g/mol. The normalized spacial score (nSPS) is 11.6. The van der Waals surface area contributed by atoms with Crippen molar-refractivity contribution < 1.29 is 19.1 Å². The fourth-order valence-electron chi connectivity index (χ4n) is 1.53. The molecule has 6 nitrogen and oxygen atoms in total. The molecule has 116 valence electrons. The molecule has 0 aliphatic heterocycles. The lowest BCUT2D eigenvalue weighted by Crippen LogP contribution is -2.35. The smallest absolute Gasteiger partial charge is 0.323 e. The van der Waals surface area contributed by atoms with Crippen LogP contribution in [-0.4, -0.2) is 43.1 Å². The van der Waals surface area contributed by atoms with E-state index in [1.807, 2.05) is 12.1 Å². The lowest BCUT2D eigenvalue weighted by atomic mass is 10.3. The standard InChI is InChI=1S/C14H20N2O4S/c1-3-20-14(18)10(15)8-21-9-13(17)16-11-6-4-5-7-12(11)19-2/h4-7,10H,3,8-9,15H2,1-2H3,(H,16,17). The van der Waals surface area contributed by atoms with Crippen molar-refractivity contribution in [2.45, 2.75) is 13.0 Å². The van der Waals surface area contributed by atoms with E-state index in [2.05, 4.69) is 5.32 Å². The number of hydrogen-bond donors (Lipinski definition) is 2. The van der Waals surface area contributed by atoms with Gasteiger partial charge in [-0.25, -0.2) is 0 Å². The predicted molar refractivity (Wildman–Crippen MR) is 83.6 cm³/mol. The summed E-state index contributed by atoms with van der Waals surface area (Å²) in [6.45, 7) is 2.02. The van der Waals surface area contributed by atoms with Crippen LogP contribution in [0.1, 0.15) is 6.92 Å². The second-order valence-corrected chi connectivity index (χ2v) is 5.15. The van der Waals surface area contributed by atoms with E-state index in [-0.39, 0.29) is 11.7 Å². The minimum Gasteiger partial charge on any atom is -0.495 e. The molecule has 1 atom stereocenters. The van der Waals surface area contributed by atoms with Gasteiger partial charge in [-0.05, 0) is 19.1 Å². The van der Waals surface area contributed by atoms with E-state index < -0.39 is 12.0 Å². The number of para-hydroxylation sites is 2. The minimum absolute atomic E-state index is 0.180. The van der Waals surface area contributed by atoms with Crippen LogP contribution in [0.3, 0.4) is 0 Å². The number of thioether (sulfide) groups is 1. The number of esters is 1. The second kappa shape index (κ2) is 9.25. The Morgan fingerprint density at radius 1 is 1.38 bits per heavy atom. The molecule has 1 aromatic carbocycles. The summed E-state index contributed by atoms with van der Waals surface area (Å²) in [5.41, 5.74) is 6.25. The molecular formula is C14H20N2O4S. The highest BCUT2D eigenvalue weighted by molar-refractivity contribution is 8.00. The van der Waals surface area contributed by atoms with E-state index in [1.54, 1.807) is 19.1 Å². The number of methoxy groups -OCH3 is 1. The molecule has 1 unspecified atom stereocenters. The summed E-state index contributed by atoms with van der Waals surface area (Å²) in [7, 11) is 1.54. The lowest BCUT2D eigenvalue weighted by Gasteiger charge is -2.11. The molecule has 3 N–H and O–H groups in total. The summed E-state index contributed by atoms with van der Waals surface area (Å²) in [6, 6.07) is 6.43. The molecule has 0 heterocycles. The monoisotopic (exact) mass is 312 g/mol. The van der Waals surface area contributed by atoms with E-state index in [0.717, 1.165) is 0 Å². The molecule has 0 saturated carbocycles. The average Bonchev–Trinajstić information content (AvgIpc) is 2.47. The summed E-state index contributed by atoms with van der Waals surface area (Å²) in [5.74, 6) is 0.498. The molecule has 0 aliphatic carbocycles. The molecule has 7 heteroatoms. The van der Waals surface area contributed by atoms with Gasteiger partial charge in [-0.2, -0.15) is 0 Å². The molecule has 0 aliphatic rings. The van der Waals surface area contributed by atoms with Crippen molar-refractivity contribution in [2.75, 3.05) is 30.5 Å². The Morgan fingerprint density at radius 2 is 2.10 bits per heavy atom. The number of rotatable bonds is 8. The van der Waals surface area contributed by atoms with Gasteiger partial charge in [0.1, 0.15) is 11.8 Å². The van der Waals surface area contributed by atoms with Crippen molar-refractivity contribution in [1.29, 1.82) is 0 Å². The van der Waals surface area contributed by atoms with Crippen LogP contribution in [0.15, 0.2) is 24.3 Å². The zero-order valence-electron chi connectivity index (χ0n) is 12.1. The van der Waals surface area contributed by atoms with Gasteiger partial charge in [0.05, 0.1) is 25.2 Å². The van der Waals surface area contributed by atoms with Crippen molar-refractivity contribution in [3.63, 3.8) is 0 Å². The van der Waals surface area contributed by atoms with Crippen LogP contribution in [-0.2, 0) is 14.3 Å². The van der Waals surface area contributed by atoms with Crippen molar-refractivity contribution in [3.05, 3.63) is 24.3 Å². The van der Waals surface area contributed by atoms with E-state index in [4.69, 9.17) is 15.2 Å². The summed E-state index contributed by atoms with van der Waals surface area (Å²) in [6.07, 6.45) is 0. The first-order chi connectivity index (χ1) is 10.1. The van der Waals surface area contributed by atoms with Gasteiger partial charge in [-0.3, -0.25) is 9.59 Å². The third kappa shape index (κ3) is 6.05. The Bertz CT molecular complexity index is 482. The molecular weight excluding hydrogens is 292 g/mol. The van der Waals surface area contributed by atoms with Crippen molar-refractivity contribution in [2.24, 2.45) is 5.73 Å². The summed E-state index contributed by atoms with van der Waals surface area (Å²) in [4.78, 5) is 23.1. The molecule has 1 amide bonds. The molecule has 0 saturated heterocycles. The highest BCUT2D eigenvalue weighted by Crippen LogP contribution is 2.23. The fraction of sp³-hybridized carbons (Fsp3) is 0.429. The van der Waals surface area contributed by atoms with E-state index in [9.17, 15) is 9.59 Å². The van der Waals surface area contributed by atoms with Crippen LogP contribution in [0.2, 0.25) is 0 Å². The Hall–Kier alpha value is -1.73. The Labute approximate surface area is 128 Å². The first-order valence-electron chi connectivity index (χ1n) is 6.51. The summed E-state index contributed by atoms with van der Waals surface area (Å²) < 4.78 is 9.94. The molecule has 21 heavy (non-hydrogen) atoms. The van der Waals surface area contributed by atoms with Gasteiger partial charge in [-0.1, -0.05) is 12.1 Å². The molecule has 0 bridgehead atoms. The molecule has 0 spiro atoms. The third-order valence-corrected chi connectivity index (χ3v) is 3.56. The number of carbonyl (C=O) groups is 2. The largest absolute Gasteiger partial charge is 0.495 e. The summed E-state index contributed by atoms with van der Waals surface area (Å²) in [5, 5.41) is 2.75. The van der Waals surface area contributed by atoms with Crippen molar-refractivity contribution >= 4 is 29.3 Å². The Morgan fingerprint density at radius 3 is 2.76 bits per heavy atom. The molecule has 1 aromatic rings. The quantitative estimate of drug-likeness (QED) is 0.702. The van der Waals surface area contributed by atoms with Crippen LogP contribution < -0.4 is 15.8 Å². The van der Waals surface area contributed by atoms with Crippen LogP contribution >= 0.6 is 11.8 Å². The number of anilines is 1. The van der Waals surface area contributed by atoms with Gasteiger partial charge in [0, 0.05) is 5.75 Å². The number of benzene rings is 1. The SMILES string of the molecule is CCOC(=O)C(N)CSCC(=O)Nc1ccccc1OC. The van der Waals surface area contributed by atoms with Crippen molar-refractivity contribution in [3.8, 4) is 5.75 Å². The van der Waals surface area contributed by atoms with Gasteiger partial charge >= 0.3 is 5.97 Å². The van der Waals surface area contributed by atoms with E-state index in [1.165, 1.54) is 18.9 Å². The van der Waals surface area contributed by atoms with E-state index >= 15 is 0 Å².